The third kappa shape index (κ3) is 4.90. The SMILES string of the molecule is CSC1CCCC1NCC(O)COC1CCCCC1C. The van der Waals surface area contributed by atoms with Gasteiger partial charge < -0.3 is 15.2 Å². The summed E-state index contributed by atoms with van der Waals surface area (Å²) in [5, 5.41) is 14.3. The molecule has 0 bridgehead atoms. The van der Waals surface area contributed by atoms with Crippen LogP contribution in [-0.2, 0) is 4.74 Å². The molecule has 0 spiro atoms. The van der Waals surface area contributed by atoms with Crippen LogP contribution >= 0.6 is 11.8 Å². The molecule has 2 fully saturated rings. The zero-order valence-corrected chi connectivity index (χ0v) is 13.8. The number of thioether (sulfide) groups is 1. The van der Waals surface area contributed by atoms with Gasteiger partial charge in [0.05, 0.1) is 18.8 Å². The van der Waals surface area contributed by atoms with Gasteiger partial charge in [0.2, 0.25) is 0 Å². The van der Waals surface area contributed by atoms with E-state index in [4.69, 9.17) is 4.74 Å². The van der Waals surface area contributed by atoms with Crippen molar-refractivity contribution >= 4 is 11.8 Å². The van der Waals surface area contributed by atoms with Crippen molar-refractivity contribution in [1.29, 1.82) is 0 Å². The van der Waals surface area contributed by atoms with Gasteiger partial charge in [-0.1, -0.05) is 26.2 Å². The number of aliphatic hydroxyl groups excluding tert-OH is 1. The fourth-order valence-electron chi connectivity index (χ4n) is 3.55. The van der Waals surface area contributed by atoms with Gasteiger partial charge in [-0.25, -0.2) is 0 Å². The van der Waals surface area contributed by atoms with E-state index >= 15 is 0 Å². The fourth-order valence-corrected chi connectivity index (χ4v) is 4.52. The van der Waals surface area contributed by atoms with Crippen molar-refractivity contribution in [3.8, 4) is 0 Å². The highest BCUT2D eigenvalue weighted by atomic mass is 32.2. The van der Waals surface area contributed by atoms with Gasteiger partial charge in [-0.3, -0.25) is 0 Å². The Hall–Kier alpha value is 0.230. The molecule has 0 aromatic rings. The number of ether oxygens (including phenoxy) is 1. The highest BCUT2D eigenvalue weighted by Gasteiger charge is 2.27. The van der Waals surface area contributed by atoms with E-state index < -0.39 is 0 Å². The molecule has 5 unspecified atom stereocenters. The lowest BCUT2D eigenvalue weighted by Crippen LogP contribution is -2.41. The Labute approximate surface area is 128 Å². The zero-order chi connectivity index (χ0) is 14.4. The molecular formula is C16H31NO2S. The van der Waals surface area contributed by atoms with E-state index in [-0.39, 0.29) is 6.10 Å². The molecule has 20 heavy (non-hydrogen) atoms. The third-order valence-corrected chi connectivity index (χ3v) is 6.08. The Bertz CT molecular complexity index is 271. The van der Waals surface area contributed by atoms with Gasteiger partial charge in [0, 0.05) is 17.8 Å². The molecule has 3 nitrogen and oxygen atoms in total. The largest absolute Gasteiger partial charge is 0.389 e. The molecule has 0 aromatic heterocycles. The van der Waals surface area contributed by atoms with Gasteiger partial charge in [0.25, 0.3) is 0 Å². The second kappa shape index (κ2) is 8.62. The lowest BCUT2D eigenvalue weighted by molar-refractivity contribution is -0.0455. The third-order valence-electron chi connectivity index (χ3n) is 4.91. The number of hydrogen-bond acceptors (Lipinski definition) is 4. The Kier molecular flexibility index (Phi) is 7.15. The van der Waals surface area contributed by atoms with Gasteiger partial charge in [-0.05, 0) is 37.9 Å². The van der Waals surface area contributed by atoms with Crippen molar-refractivity contribution in [3.63, 3.8) is 0 Å². The van der Waals surface area contributed by atoms with E-state index in [1.54, 1.807) is 0 Å². The summed E-state index contributed by atoms with van der Waals surface area (Å²) in [6, 6.07) is 0.577. The van der Waals surface area contributed by atoms with Gasteiger partial charge in [0.1, 0.15) is 0 Å². The predicted molar refractivity (Wildman–Crippen MR) is 86.3 cm³/mol. The summed E-state index contributed by atoms with van der Waals surface area (Å²) in [6.07, 6.45) is 11.1. The Morgan fingerprint density at radius 1 is 1.20 bits per heavy atom. The maximum absolute atomic E-state index is 10.1. The normalized spacial score (nSPS) is 36.1. The number of rotatable bonds is 7. The lowest BCUT2D eigenvalue weighted by atomic mass is 9.88. The molecule has 0 heterocycles. The lowest BCUT2D eigenvalue weighted by Gasteiger charge is -2.30. The van der Waals surface area contributed by atoms with Crippen molar-refractivity contribution < 1.29 is 9.84 Å². The topological polar surface area (TPSA) is 41.5 Å². The summed E-state index contributed by atoms with van der Waals surface area (Å²) in [7, 11) is 0. The van der Waals surface area contributed by atoms with Gasteiger partial charge in [-0.2, -0.15) is 11.8 Å². The minimum Gasteiger partial charge on any atom is -0.389 e. The molecule has 0 saturated heterocycles. The molecule has 0 radical (unpaired) electrons. The summed E-state index contributed by atoms with van der Waals surface area (Å²) in [6.45, 7) is 3.43. The van der Waals surface area contributed by atoms with Crippen molar-refractivity contribution in [2.45, 2.75) is 75.4 Å². The van der Waals surface area contributed by atoms with Crippen molar-refractivity contribution in [3.05, 3.63) is 0 Å². The molecular weight excluding hydrogens is 270 g/mol. The van der Waals surface area contributed by atoms with Crippen LogP contribution in [0, 0.1) is 5.92 Å². The summed E-state index contributed by atoms with van der Waals surface area (Å²) in [5.74, 6) is 0.652. The van der Waals surface area contributed by atoms with Crippen LogP contribution < -0.4 is 5.32 Å². The first kappa shape index (κ1) is 16.6. The van der Waals surface area contributed by atoms with Gasteiger partial charge in [-0.15, -0.1) is 0 Å². The number of nitrogens with one attached hydrogen (secondary N) is 1. The first-order valence-corrected chi connectivity index (χ1v) is 9.55. The molecule has 0 aromatic carbocycles. The predicted octanol–water partition coefficient (Wildman–Crippen LogP) is 2.82. The molecule has 2 aliphatic carbocycles. The van der Waals surface area contributed by atoms with E-state index in [1.807, 2.05) is 11.8 Å². The quantitative estimate of drug-likeness (QED) is 0.759. The van der Waals surface area contributed by atoms with Gasteiger partial charge in [0.15, 0.2) is 0 Å². The van der Waals surface area contributed by atoms with Crippen LogP contribution in [0.25, 0.3) is 0 Å². The molecule has 2 aliphatic rings. The zero-order valence-electron chi connectivity index (χ0n) is 13.0. The van der Waals surface area contributed by atoms with Gasteiger partial charge >= 0.3 is 0 Å². The average Bonchev–Trinajstić information content (AvgIpc) is 2.91. The summed E-state index contributed by atoms with van der Waals surface area (Å²) >= 11 is 1.95. The van der Waals surface area contributed by atoms with Crippen LogP contribution in [0.1, 0.15) is 51.9 Å². The molecule has 0 aliphatic heterocycles. The Morgan fingerprint density at radius 3 is 2.75 bits per heavy atom. The summed E-state index contributed by atoms with van der Waals surface area (Å²) in [4.78, 5) is 0. The molecule has 0 amide bonds. The van der Waals surface area contributed by atoms with E-state index in [9.17, 15) is 5.11 Å². The van der Waals surface area contributed by atoms with Crippen molar-refractivity contribution in [2.24, 2.45) is 5.92 Å². The average molecular weight is 301 g/mol. The maximum Gasteiger partial charge on any atom is 0.0897 e. The second-order valence-electron chi connectivity index (χ2n) is 6.51. The van der Waals surface area contributed by atoms with Crippen LogP contribution in [0.5, 0.6) is 0 Å². The first-order chi connectivity index (χ1) is 9.70. The van der Waals surface area contributed by atoms with Crippen molar-refractivity contribution in [2.75, 3.05) is 19.4 Å². The number of aliphatic hydroxyl groups is 1. The minimum absolute atomic E-state index is 0.365. The highest BCUT2D eigenvalue weighted by Crippen LogP contribution is 2.28. The molecule has 4 heteroatoms. The monoisotopic (exact) mass is 301 g/mol. The first-order valence-electron chi connectivity index (χ1n) is 8.26. The van der Waals surface area contributed by atoms with E-state index in [0.717, 1.165) is 5.25 Å². The van der Waals surface area contributed by atoms with E-state index in [2.05, 4.69) is 18.5 Å². The minimum atomic E-state index is -0.368. The smallest absolute Gasteiger partial charge is 0.0897 e. The van der Waals surface area contributed by atoms with Crippen molar-refractivity contribution in [1.82, 2.24) is 5.32 Å². The summed E-state index contributed by atoms with van der Waals surface area (Å²) < 4.78 is 5.93. The highest BCUT2D eigenvalue weighted by molar-refractivity contribution is 7.99. The molecule has 2 N–H and O–H groups in total. The van der Waals surface area contributed by atoms with Crippen LogP contribution in [0.3, 0.4) is 0 Å². The van der Waals surface area contributed by atoms with E-state index in [1.165, 1.54) is 44.9 Å². The van der Waals surface area contributed by atoms with Crippen LogP contribution in [-0.4, -0.2) is 48.0 Å². The molecule has 5 atom stereocenters. The maximum atomic E-state index is 10.1. The fraction of sp³-hybridized carbons (Fsp3) is 1.00. The van der Waals surface area contributed by atoms with Crippen LogP contribution in [0.4, 0.5) is 0 Å². The molecule has 118 valence electrons. The molecule has 2 saturated carbocycles. The second-order valence-corrected chi connectivity index (χ2v) is 7.58. The Morgan fingerprint density at radius 2 is 2.00 bits per heavy atom. The standard InChI is InChI=1S/C16H31NO2S/c1-12-6-3-4-8-15(12)19-11-13(18)10-17-14-7-5-9-16(14)20-2/h12-18H,3-11H2,1-2H3. The van der Waals surface area contributed by atoms with Crippen LogP contribution in [0.15, 0.2) is 0 Å². The summed E-state index contributed by atoms with van der Waals surface area (Å²) in [5.41, 5.74) is 0. The Balaban J connectivity index is 1.61. The van der Waals surface area contributed by atoms with E-state index in [0.29, 0.717) is 31.2 Å². The van der Waals surface area contributed by atoms with Crippen LogP contribution in [0.2, 0.25) is 0 Å². The number of hydrogen-bond donors (Lipinski definition) is 2. The molecule has 2 rings (SSSR count).